The first-order chi connectivity index (χ1) is 11.4. The second kappa shape index (κ2) is 9.73. The van der Waals surface area contributed by atoms with E-state index in [2.05, 4.69) is 15.0 Å². The number of guanidine groups is 1. The standard InChI is InChI=1S/C17H22N4O2S.HI/c1-13-6-8-16(9-7-13)24(22,23)20-11-10-19-17(18)21-15-5-3-4-14(2)12-15;/h3-9,12,20H,10-11H2,1-2H3,(H3,18,19,21);1H. The van der Waals surface area contributed by atoms with Gasteiger partial charge in [0.1, 0.15) is 0 Å². The van der Waals surface area contributed by atoms with Crippen LogP contribution in [0.1, 0.15) is 11.1 Å². The van der Waals surface area contributed by atoms with E-state index < -0.39 is 10.0 Å². The van der Waals surface area contributed by atoms with Gasteiger partial charge in [0.2, 0.25) is 10.0 Å². The van der Waals surface area contributed by atoms with Gasteiger partial charge in [-0.3, -0.25) is 4.99 Å². The summed E-state index contributed by atoms with van der Waals surface area (Å²) in [5.74, 6) is 0.245. The predicted molar refractivity (Wildman–Crippen MR) is 113 cm³/mol. The zero-order chi connectivity index (χ0) is 17.6. The maximum absolute atomic E-state index is 12.1. The zero-order valence-corrected chi connectivity index (χ0v) is 17.3. The van der Waals surface area contributed by atoms with Gasteiger partial charge in [-0.05, 0) is 43.7 Å². The van der Waals surface area contributed by atoms with Gasteiger partial charge >= 0.3 is 0 Å². The minimum absolute atomic E-state index is 0. The molecule has 2 aromatic rings. The fourth-order valence-corrected chi connectivity index (χ4v) is 3.09. The van der Waals surface area contributed by atoms with Gasteiger partial charge in [0.25, 0.3) is 0 Å². The third kappa shape index (κ3) is 7.00. The summed E-state index contributed by atoms with van der Waals surface area (Å²) in [7, 11) is -3.52. The highest BCUT2D eigenvalue weighted by atomic mass is 127. The van der Waals surface area contributed by atoms with E-state index in [9.17, 15) is 8.42 Å². The lowest BCUT2D eigenvalue weighted by molar-refractivity contribution is 0.582. The minimum Gasteiger partial charge on any atom is -0.370 e. The quantitative estimate of drug-likeness (QED) is 0.260. The Balaban J connectivity index is 0.00000312. The van der Waals surface area contributed by atoms with Crippen LogP contribution < -0.4 is 15.8 Å². The fourth-order valence-electron chi connectivity index (χ4n) is 2.07. The molecule has 0 saturated carbocycles. The maximum Gasteiger partial charge on any atom is 0.240 e. The van der Waals surface area contributed by atoms with Crippen molar-refractivity contribution in [2.75, 3.05) is 18.4 Å². The molecule has 0 aliphatic rings. The SMILES string of the molecule is Cc1ccc(S(=O)(=O)NCCN=C(N)Nc2cccc(C)c2)cc1.I. The number of sulfonamides is 1. The van der Waals surface area contributed by atoms with Gasteiger partial charge in [0, 0.05) is 12.2 Å². The molecule has 4 N–H and O–H groups in total. The molecule has 0 radical (unpaired) electrons. The Bertz CT molecular complexity index is 821. The van der Waals surface area contributed by atoms with E-state index in [-0.39, 0.29) is 47.9 Å². The molecule has 8 heteroatoms. The first-order valence-electron chi connectivity index (χ1n) is 7.57. The maximum atomic E-state index is 12.1. The van der Waals surface area contributed by atoms with Crippen molar-refractivity contribution in [3.05, 3.63) is 59.7 Å². The van der Waals surface area contributed by atoms with Crippen molar-refractivity contribution >= 4 is 45.6 Å². The second-order valence-corrected chi connectivity index (χ2v) is 7.24. The molecule has 136 valence electrons. The van der Waals surface area contributed by atoms with E-state index >= 15 is 0 Å². The van der Waals surface area contributed by atoms with Crippen LogP contribution in [0.15, 0.2) is 58.4 Å². The van der Waals surface area contributed by atoms with Crippen molar-refractivity contribution in [3.63, 3.8) is 0 Å². The third-order valence-corrected chi connectivity index (χ3v) is 4.78. The van der Waals surface area contributed by atoms with Gasteiger partial charge in [-0.1, -0.05) is 29.8 Å². The molecule has 0 amide bonds. The summed E-state index contributed by atoms with van der Waals surface area (Å²) in [5.41, 5.74) is 8.76. The normalized spacial score (nSPS) is 11.7. The summed E-state index contributed by atoms with van der Waals surface area (Å²) in [6.07, 6.45) is 0. The van der Waals surface area contributed by atoms with E-state index in [1.165, 1.54) is 0 Å². The van der Waals surface area contributed by atoms with Crippen LogP contribution in [0.2, 0.25) is 0 Å². The van der Waals surface area contributed by atoms with Crippen LogP contribution in [0, 0.1) is 13.8 Å². The molecule has 0 aromatic heterocycles. The number of rotatable bonds is 6. The molecular weight excluding hydrogens is 451 g/mol. The topological polar surface area (TPSA) is 96.6 Å². The number of hydrogen-bond acceptors (Lipinski definition) is 3. The average molecular weight is 474 g/mol. The third-order valence-electron chi connectivity index (χ3n) is 3.31. The van der Waals surface area contributed by atoms with Crippen LogP contribution in [0.5, 0.6) is 0 Å². The molecule has 2 aromatic carbocycles. The van der Waals surface area contributed by atoms with Crippen LogP contribution >= 0.6 is 24.0 Å². The van der Waals surface area contributed by atoms with Gasteiger partial charge in [0.05, 0.1) is 11.4 Å². The molecule has 0 heterocycles. The van der Waals surface area contributed by atoms with Crippen molar-refractivity contribution in [2.45, 2.75) is 18.7 Å². The number of nitrogens with one attached hydrogen (secondary N) is 2. The summed E-state index contributed by atoms with van der Waals surface area (Å²) in [6.45, 7) is 4.31. The van der Waals surface area contributed by atoms with Crippen LogP contribution in [-0.2, 0) is 10.0 Å². The van der Waals surface area contributed by atoms with Crippen molar-refractivity contribution < 1.29 is 8.42 Å². The number of nitrogens with two attached hydrogens (primary N) is 1. The fraction of sp³-hybridized carbons (Fsp3) is 0.235. The Morgan fingerprint density at radius 2 is 1.76 bits per heavy atom. The lowest BCUT2D eigenvalue weighted by Gasteiger charge is -2.08. The molecule has 0 unspecified atom stereocenters. The van der Waals surface area contributed by atoms with Crippen LogP contribution in [0.25, 0.3) is 0 Å². The molecule has 0 bridgehead atoms. The van der Waals surface area contributed by atoms with Crippen LogP contribution in [0.4, 0.5) is 5.69 Å². The Morgan fingerprint density at radius 3 is 2.40 bits per heavy atom. The number of aryl methyl sites for hydroxylation is 2. The van der Waals surface area contributed by atoms with E-state index in [1.54, 1.807) is 24.3 Å². The van der Waals surface area contributed by atoms with E-state index in [4.69, 9.17) is 5.73 Å². The minimum atomic E-state index is -3.52. The van der Waals surface area contributed by atoms with Gasteiger partial charge in [-0.2, -0.15) is 0 Å². The van der Waals surface area contributed by atoms with E-state index in [1.807, 2.05) is 38.1 Å². The zero-order valence-electron chi connectivity index (χ0n) is 14.2. The molecule has 6 nitrogen and oxygen atoms in total. The first-order valence-corrected chi connectivity index (χ1v) is 9.05. The average Bonchev–Trinajstić information content (AvgIpc) is 2.52. The summed E-state index contributed by atoms with van der Waals surface area (Å²) < 4.78 is 26.7. The summed E-state index contributed by atoms with van der Waals surface area (Å²) >= 11 is 0. The molecule has 0 atom stereocenters. The molecule has 25 heavy (non-hydrogen) atoms. The molecule has 0 spiro atoms. The number of benzene rings is 2. The number of hydrogen-bond donors (Lipinski definition) is 3. The van der Waals surface area contributed by atoms with E-state index in [0.29, 0.717) is 0 Å². The first kappa shape index (κ1) is 21.4. The van der Waals surface area contributed by atoms with Gasteiger partial charge in [0.15, 0.2) is 5.96 Å². The van der Waals surface area contributed by atoms with Gasteiger partial charge < -0.3 is 11.1 Å². The Kier molecular flexibility index (Phi) is 8.33. The van der Waals surface area contributed by atoms with Crippen LogP contribution in [0.3, 0.4) is 0 Å². The van der Waals surface area contributed by atoms with Crippen molar-refractivity contribution in [3.8, 4) is 0 Å². The highest BCUT2D eigenvalue weighted by Gasteiger charge is 2.12. The van der Waals surface area contributed by atoms with E-state index in [0.717, 1.165) is 16.8 Å². The smallest absolute Gasteiger partial charge is 0.240 e. The Labute approximate surface area is 166 Å². The highest BCUT2D eigenvalue weighted by molar-refractivity contribution is 14.0. The van der Waals surface area contributed by atoms with Crippen LogP contribution in [-0.4, -0.2) is 27.5 Å². The number of aliphatic imine (C=N–C) groups is 1. The molecular formula is C17H23IN4O2S. The number of nitrogens with zero attached hydrogens (tertiary/aromatic N) is 1. The lowest BCUT2D eigenvalue weighted by Crippen LogP contribution is -2.28. The second-order valence-electron chi connectivity index (χ2n) is 5.47. The van der Waals surface area contributed by atoms with Crippen molar-refractivity contribution in [2.24, 2.45) is 10.7 Å². The molecule has 0 fully saturated rings. The molecule has 0 aliphatic carbocycles. The van der Waals surface area contributed by atoms with Gasteiger partial charge in [-0.25, -0.2) is 13.1 Å². The predicted octanol–water partition coefficient (Wildman–Crippen LogP) is 2.63. The molecule has 0 saturated heterocycles. The Morgan fingerprint density at radius 1 is 1.08 bits per heavy atom. The summed E-state index contributed by atoms with van der Waals surface area (Å²) in [6, 6.07) is 14.4. The number of anilines is 1. The lowest BCUT2D eigenvalue weighted by atomic mass is 10.2. The monoisotopic (exact) mass is 474 g/mol. The Hall–Kier alpha value is -1.65. The van der Waals surface area contributed by atoms with Crippen molar-refractivity contribution in [1.29, 1.82) is 0 Å². The summed E-state index contributed by atoms with van der Waals surface area (Å²) in [4.78, 5) is 4.36. The number of halogens is 1. The molecule has 0 aliphatic heterocycles. The van der Waals surface area contributed by atoms with Gasteiger partial charge in [-0.15, -0.1) is 24.0 Å². The largest absolute Gasteiger partial charge is 0.370 e. The summed E-state index contributed by atoms with van der Waals surface area (Å²) in [5, 5.41) is 2.97. The molecule has 2 rings (SSSR count). The highest BCUT2D eigenvalue weighted by Crippen LogP contribution is 2.10. The van der Waals surface area contributed by atoms with Crippen molar-refractivity contribution in [1.82, 2.24) is 4.72 Å².